The van der Waals surface area contributed by atoms with Crippen LogP contribution in [0, 0.1) is 0 Å². The summed E-state index contributed by atoms with van der Waals surface area (Å²) in [5.41, 5.74) is 6.30. The summed E-state index contributed by atoms with van der Waals surface area (Å²) in [5, 5.41) is 16.7. The fraction of sp³-hybridized carbons (Fsp3) is 0.0909. The predicted molar refractivity (Wildman–Crippen MR) is 78.6 cm³/mol. The molecule has 6 nitrogen and oxygen atoms in total. The van der Waals surface area contributed by atoms with Gasteiger partial charge in [0.25, 0.3) is 0 Å². The Balaban J connectivity index is 1.70. The Morgan fingerprint density at radius 1 is 1.25 bits per heavy atom. The summed E-state index contributed by atoms with van der Waals surface area (Å²) in [6, 6.07) is 7.26. The molecular weight excluding hydrogens is 318 g/mol. The van der Waals surface area contributed by atoms with Crippen LogP contribution in [0.1, 0.15) is 5.89 Å². The van der Waals surface area contributed by atoms with Gasteiger partial charge in [-0.15, -0.1) is 20.4 Å². The van der Waals surface area contributed by atoms with Gasteiger partial charge in [-0.3, -0.25) is 0 Å². The average Bonchev–Trinajstić information content (AvgIpc) is 3.05. The lowest BCUT2D eigenvalue weighted by Crippen LogP contribution is -1.80. The molecule has 0 aliphatic rings. The molecule has 0 bridgehead atoms. The second kappa shape index (κ2) is 5.78. The van der Waals surface area contributed by atoms with Gasteiger partial charge in [-0.25, -0.2) is 0 Å². The standard InChI is InChI=1S/C11H8ClN5OS2/c12-7-3-1-2-6(4-7)9-15-14-8(18-9)5-19-11-17-16-10(13)20-11/h1-4H,5H2,(H2,13,16). The number of aromatic nitrogens is 4. The number of rotatable bonds is 4. The van der Waals surface area contributed by atoms with Gasteiger partial charge in [0.2, 0.25) is 16.9 Å². The van der Waals surface area contributed by atoms with E-state index >= 15 is 0 Å². The molecule has 0 saturated carbocycles. The van der Waals surface area contributed by atoms with E-state index in [4.69, 9.17) is 21.8 Å². The van der Waals surface area contributed by atoms with E-state index in [1.54, 1.807) is 12.1 Å². The van der Waals surface area contributed by atoms with Crippen molar-refractivity contribution in [1.82, 2.24) is 20.4 Å². The summed E-state index contributed by atoms with van der Waals surface area (Å²) in [6.45, 7) is 0. The second-order valence-corrected chi connectivity index (χ2v) is 6.37. The molecule has 3 aromatic rings. The molecule has 0 saturated heterocycles. The first kappa shape index (κ1) is 13.3. The first-order chi connectivity index (χ1) is 9.70. The quantitative estimate of drug-likeness (QED) is 0.737. The average molecular weight is 326 g/mol. The molecule has 0 spiro atoms. The molecule has 0 atom stereocenters. The fourth-order valence-electron chi connectivity index (χ4n) is 1.45. The molecular formula is C11H8ClN5OS2. The Morgan fingerprint density at radius 2 is 2.15 bits per heavy atom. The van der Waals surface area contributed by atoms with Gasteiger partial charge in [-0.2, -0.15) is 0 Å². The fourth-order valence-corrected chi connectivity index (χ4v) is 3.12. The lowest BCUT2D eigenvalue weighted by atomic mass is 10.2. The van der Waals surface area contributed by atoms with Crippen molar-refractivity contribution in [3.05, 3.63) is 35.2 Å². The van der Waals surface area contributed by atoms with Crippen LogP contribution >= 0.6 is 34.7 Å². The second-order valence-electron chi connectivity index (χ2n) is 3.71. The summed E-state index contributed by atoms with van der Waals surface area (Å²) in [6.07, 6.45) is 0. The molecule has 1 aromatic carbocycles. The normalized spacial score (nSPS) is 10.8. The maximum Gasteiger partial charge on any atom is 0.247 e. The minimum atomic E-state index is 0.442. The van der Waals surface area contributed by atoms with Gasteiger partial charge >= 0.3 is 0 Å². The van der Waals surface area contributed by atoms with Crippen LogP contribution in [0.25, 0.3) is 11.5 Å². The molecule has 2 heterocycles. The number of nitrogen functional groups attached to an aromatic ring is 1. The molecule has 0 amide bonds. The maximum atomic E-state index is 5.93. The summed E-state index contributed by atoms with van der Waals surface area (Å²) in [5.74, 6) is 1.47. The van der Waals surface area contributed by atoms with Crippen LogP contribution in [-0.2, 0) is 5.75 Å². The highest BCUT2D eigenvalue weighted by atomic mass is 35.5. The van der Waals surface area contributed by atoms with Crippen molar-refractivity contribution >= 4 is 39.8 Å². The molecule has 3 rings (SSSR count). The largest absolute Gasteiger partial charge is 0.420 e. The van der Waals surface area contributed by atoms with E-state index in [-0.39, 0.29) is 0 Å². The van der Waals surface area contributed by atoms with Crippen molar-refractivity contribution in [1.29, 1.82) is 0 Å². The Labute approximate surface area is 127 Å². The molecule has 0 aliphatic heterocycles. The zero-order valence-electron chi connectivity index (χ0n) is 9.99. The zero-order chi connectivity index (χ0) is 13.9. The van der Waals surface area contributed by atoms with Crippen LogP contribution in [0.5, 0.6) is 0 Å². The molecule has 2 aromatic heterocycles. The molecule has 2 N–H and O–H groups in total. The number of benzene rings is 1. The minimum absolute atomic E-state index is 0.442. The smallest absolute Gasteiger partial charge is 0.247 e. The Kier molecular flexibility index (Phi) is 3.86. The van der Waals surface area contributed by atoms with Crippen molar-refractivity contribution < 1.29 is 4.42 Å². The van der Waals surface area contributed by atoms with E-state index in [2.05, 4.69) is 20.4 Å². The van der Waals surface area contributed by atoms with E-state index in [9.17, 15) is 0 Å². The van der Waals surface area contributed by atoms with Gasteiger partial charge in [-0.05, 0) is 18.2 Å². The minimum Gasteiger partial charge on any atom is -0.420 e. The van der Waals surface area contributed by atoms with Crippen molar-refractivity contribution in [2.45, 2.75) is 10.1 Å². The molecule has 0 fully saturated rings. The Morgan fingerprint density at radius 3 is 2.90 bits per heavy atom. The van der Waals surface area contributed by atoms with Crippen LogP contribution in [0.4, 0.5) is 5.13 Å². The monoisotopic (exact) mass is 325 g/mol. The van der Waals surface area contributed by atoms with Crippen LogP contribution in [0.2, 0.25) is 5.02 Å². The third-order valence-electron chi connectivity index (χ3n) is 2.28. The van der Waals surface area contributed by atoms with Gasteiger partial charge in [0.15, 0.2) is 4.34 Å². The Bertz CT molecular complexity index is 729. The highest BCUT2D eigenvalue weighted by Crippen LogP contribution is 2.28. The lowest BCUT2D eigenvalue weighted by molar-refractivity contribution is 0.528. The number of thioether (sulfide) groups is 1. The number of hydrogen-bond donors (Lipinski definition) is 1. The number of halogens is 1. The molecule has 0 aliphatic carbocycles. The van der Waals surface area contributed by atoms with Crippen LogP contribution in [0.3, 0.4) is 0 Å². The van der Waals surface area contributed by atoms with Crippen molar-refractivity contribution in [2.24, 2.45) is 0 Å². The van der Waals surface area contributed by atoms with E-state index in [0.717, 1.165) is 9.90 Å². The van der Waals surface area contributed by atoms with Crippen LogP contribution < -0.4 is 5.73 Å². The van der Waals surface area contributed by atoms with Crippen LogP contribution in [-0.4, -0.2) is 20.4 Å². The third-order valence-corrected chi connectivity index (χ3v) is 4.39. The zero-order valence-corrected chi connectivity index (χ0v) is 12.4. The van der Waals surface area contributed by atoms with Gasteiger partial charge in [0.1, 0.15) is 0 Å². The molecule has 20 heavy (non-hydrogen) atoms. The number of anilines is 1. The number of hydrogen-bond acceptors (Lipinski definition) is 8. The molecule has 102 valence electrons. The topological polar surface area (TPSA) is 90.7 Å². The maximum absolute atomic E-state index is 5.93. The summed E-state index contributed by atoms with van der Waals surface area (Å²) < 4.78 is 6.35. The van der Waals surface area contributed by atoms with Gasteiger partial charge in [-0.1, -0.05) is 40.8 Å². The summed E-state index contributed by atoms with van der Waals surface area (Å²) >= 11 is 8.70. The van der Waals surface area contributed by atoms with Crippen molar-refractivity contribution in [3.8, 4) is 11.5 Å². The highest BCUT2D eigenvalue weighted by molar-refractivity contribution is 8.00. The summed E-state index contributed by atoms with van der Waals surface area (Å²) in [4.78, 5) is 0. The number of nitrogens with two attached hydrogens (primary N) is 1. The lowest BCUT2D eigenvalue weighted by Gasteiger charge is -1.94. The summed E-state index contributed by atoms with van der Waals surface area (Å²) in [7, 11) is 0. The van der Waals surface area contributed by atoms with Gasteiger partial charge in [0, 0.05) is 10.6 Å². The van der Waals surface area contributed by atoms with Crippen molar-refractivity contribution in [2.75, 3.05) is 5.73 Å². The SMILES string of the molecule is Nc1nnc(SCc2nnc(-c3cccc(Cl)c3)o2)s1. The van der Waals surface area contributed by atoms with Crippen LogP contribution in [0.15, 0.2) is 33.0 Å². The van der Waals surface area contributed by atoms with Gasteiger partial charge in [0.05, 0.1) is 5.75 Å². The van der Waals surface area contributed by atoms with E-state index in [1.807, 2.05) is 12.1 Å². The third kappa shape index (κ3) is 3.09. The molecule has 0 unspecified atom stereocenters. The molecule has 9 heteroatoms. The van der Waals surface area contributed by atoms with E-state index in [1.165, 1.54) is 23.1 Å². The van der Waals surface area contributed by atoms with Crippen molar-refractivity contribution in [3.63, 3.8) is 0 Å². The highest BCUT2D eigenvalue weighted by Gasteiger charge is 2.10. The first-order valence-corrected chi connectivity index (χ1v) is 7.69. The van der Waals surface area contributed by atoms with E-state index in [0.29, 0.717) is 27.7 Å². The first-order valence-electron chi connectivity index (χ1n) is 5.51. The Hall–Kier alpha value is -1.64. The van der Waals surface area contributed by atoms with E-state index < -0.39 is 0 Å². The predicted octanol–water partition coefficient (Wildman–Crippen LogP) is 3.12. The van der Waals surface area contributed by atoms with Gasteiger partial charge < -0.3 is 10.2 Å². The number of nitrogens with zero attached hydrogens (tertiary/aromatic N) is 4. The molecule has 0 radical (unpaired) electrons.